The molecule has 7 heterocycles. The number of aromatic nitrogens is 7. The highest BCUT2D eigenvalue weighted by Gasteiger charge is 2.26. The lowest BCUT2D eigenvalue weighted by atomic mass is 9.97. The predicted molar refractivity (Wildman–Crippen MR) is 358 cm³/mol. The van der Waals surface area contributed by atoms with E-state index in [0.717, 1.165) is 156 Å². The van der Waals surface area contributed by atoms with Crippen LogP contribution in [0.1, 0.15) is 5.56 Å². The number of nitrogens with zero attached hydrogens (tertiary/aromatic N) is 8. The van der Waals surface area contributed by atoms with Gasteiger partial charge in [-0.25, -0.2) is 0 Å². The van der Waals surface area contributed by atoms with Crippen LogP contribution in [0.15, 0.2) is 304 Å². The molecule has 0 fully saturated rings. The van der Waals surface area contributed by atoms with Crippen molar-refractivity contribution in [3.8, 4) is 118 Å². The fourth-order valence-electron chi connectivity index (χ4n) is 12.9. The predicted octanol–water partition coefficient (Wildman–Crippen LogP) is 19.7. The molecule has 9 aromatic carbocycles. The van der Waals surface area contributed by atoms with Gasteiger partial charge in [0, 0.05) is 96.4 Å². The van der Waals surface area contributed by atoms with Crippen LogP contribution in [-0.4, -0.2) is 34.1 Å². The van der Waals surface area contributed by atoms with E-state index in [2.05, 4.69) is 221 Å². The van der Waals surface area contributed by atoms with Crippen molar-refractivity contribution in [2.45, 2.75) is 0 Å². The fourth-order valence-corrected chi connectivity index (χ4v) is 12.9. The van der Waals surface area contributed by atoms with Gasteiger partial charge in [-0.15, -0.1) is 0 Å². The summed E-state index contributed by atoms with van der Waals surface area (Å²) in [5, 5.41) is 14.6. The van der Waals surface area contributed by atoms with Crippen molar-refractivity contribution >= 4 is 43.6 Å². The molecule has 88 heavy (non-hydrogen) atoms. The molecule has 7 aromatic heterocycles. The van der Waals surface area contributed by atoms with Gasteiger partial charge in [-0.3, -0.25) is 24.9 Å². The Balaban J connectivity index is 1.02. The van der Waals surface area contributed by atoms with Gasteiger partial charge in [0.05, 0.1) is 80.2 Å². The van der Waals surface area contributed by atoms with E-state index in [9.17, 15) is 5.26 Å². The molecule has 8 heteroatoms. The lowest BCUT2D eigenvalue weighted by Crippen LogP contribution is -2.05. The maximum absolute atomic E-state index is 10.3. The summed E-state index contributed by atoms with van der Waals surface area (Å²) in [7, 11) is 0. The third-order valence-electron chi connectivity index (χ3n) is 16.9. The van der Waals surface area contributed by atoms with Crippen LogP contribution in [0.2, 0.25) is 0 Å². The molecule has 0 atom stereocenters. The quantitative estimate of drug-likeness (QED) is 0.128. The van der Waals surface area contributed by atoms with Crippen molar-refractivity contribution in [1.29, 1.82) is 5.26 Å². The molecule has 16 aromatic rings. The molecular formula is C80H50N8. The number of rotatable bonds is 11. The van der Waals surface area contributed by atoms with Crippen molar-refractivity contribution in [2.75, 3.05) is 0 Å². The Bertz CT molecular complexity index is 4790. The molecule has 410 valence electrons. The van der Waals surface area contributed by atoms with E-state index in [1.54, 1.807) is 0 Å². The summed E-state index contributed by atoms with van der Waals surface area (Å²) in [6.45, 7) is 0. The number of hydrogen-bond donors (Lipinski definition) is 0. The molecule has 0 N–H and O–H groups in total. The topological polar surface area (TPSA) is 98.1 Å². The standard InChI is InChI=1S/C80H50N8/c81-49-52-29-31-53(32-30-52)76-74(87-70-45-58(62-25-13-41-83-77(62)54-17-5-1-6-18-54)33-37-66(70)67-38-34-59(46-71(67)87)63-26-14-42-84-78(63)55-19-7-2-8-20-55)50-82-51-75(76)88-72-47-60(64-27-15-43-85-79(64)56-21-9-3-10-22-56)35-39-68(72)69-40-36-61(48-73(69)88)65-28-16-44-86-80(65)57-23-11-4-12-24-57/h1-48,50-51H. The zero-order valence-corrected chi connectivity index (χ0v) is 47.4. The number of hydrogen-bond acceptors (Lipinski definition) is 6. The third-order valence-corrected chi connectivity index (χ3v) is 16.9. The van der Waals surface area contributed by atoms with E-state index in [-0.39, 0.29) is 0 Å². The smallest absolute Gasteiger partial charge is 0.0991 e. The van der Waals surface area contributed by atoms with Gasteiger partial charge in [0.2, 0.25) is 0 Å². The molecule has 0 aliphatic rings. The summed E-state index contributed by atoms with van der Waals surface area (Å²) < 4.78 is 4.79. The van der Waals surface area contributed by atoms with Gasteiger partial charge in [-0.1, -0.05) is 206 Å². The van der Waals surface area contributed by atoms with Gasteiger partial charge in [0.25, 0.3) is 0 Å². The van der Waals surface area contributed by atoms with Gasteiger partial charge in [-0.05, 0) is 88.5 Å². The van der Waals surface area contributed by atoms with E-state index in [0.29, 0.717) is 5.56 Å². The van der Waals surface area contributed by atoms with Crippen molar-refractivity contribution < 1.29 is 0 Å². The summed E-state index contributed by atoms with van der Waals surface area (Å²) >= 11 is 0. The lowest BCUT2D eigenvalue weighted by molar-refractivity contribution is 1.09. The first kappa shape index (κ1) is 51.5. The van der Waals surface area contributed by atoms with Crippen LogP contribution in [0.4, 0.5) is 0 Å². The van der Waals surface area contributed by atoms with E-state index in [1.165, 1.54) is 0 Å². The van der Waals surface area contributed by atoms with Crippen molar-refractivity contribution in [3.63, 3.8) is 0 Å². The van der Waals surface area contributed by atoms with E-state index in [4.69, 9.17) is 24.9 Å². The van der Waals surface area contributed by atoms with Gasteiger partial charge in [-0.2, -0.15) is 5.26 Å². The molecule has 8 nitrogen and oxygen atoms in total. The SMILES string of the molecule is N#Cc1ccc(-c2c(-n3c4cc(-c5cccnc5-c5ccccc5)ccc4c4ccc(-c5cccnc5-c5ccccc5)cc43)cncc2-n2c3cc(-c4cccnc4-c4ccccc4)ccc3c3ccc(-c4cccnc4-c4ccccc4)cc32)cc1. The number of nitriles is 1. The fraction of sp³-hybridized carbons (Fsp3) is 0. The normalized spacial score (nSPS) is 11.4. The highest BCUT2D eigenvalue weighted by molar-refractivity contribution is 6.14. The molecule has 0 spiro atoms. The Hall–Kier alpha value is -12.2. The van der Waals surface area contributed by atoms with Crippen molar-refractivity contribution in [2.24, 2.45) is 0 Å². The highest BCUT2D eigenvalue weighted by Crippen LogP contribution is 2.46. The summed E-state index contributed by atoms with van der Waals surface area (Å²) in [5.74, 6) is 0. The maximum Gasteiger partial charge on any atom is 0.0991 e. The van der Waals surface area contributed by atoms with Crippen LogP contribution in [0.3, 0.4) is 0 Å². The Kier molecular flexibility index (Phi) is 12.7. The monoisotopic (exact) mass is 1120 g/mol. The molecule has 0 unspecified atom stereocenters. The third kappa shape index (κ3) is 8.89. The zero-order chi connectivity index (χ0) is 58.5. The highest BCUT2D eigenvalue weighted by atomic mass is 15.0. The van der Waals surface area contributed by atoms with Crippen LogP contribution in [0.25, 0.3) is 156 Å². The Morgan fingerprint density at radius 3 is 0.841 bits per heavy atom. The number of pyridine rings is 5. The second-order valence-electron chi connectivity index (χ2n) is 21.9. The minimum atomic E-state index is 0.561. The van der Waals surface area contributed by atoms with Crippen LogP contribution >= 0.6 is 0 Å². The van der Waals surface area contributed by atoms with Crippen LogP contribution < -0.4 is 0 Å². The second kappa shape index (κ2) is 21.8. The molecule has 0 radical (unpaired) electrons. The van der Waals surface area contributed by atoms with Crippen LogP contribution in [0, 0.1) is 11.3 Å². The summed E-state index contributed by atoms with van der Waals surface area (Å²) in [5.41, 5.74) is 23.9. The Morgan fingerprint density at radius 1 is 0.273 bits per heavy atom. The van der Waals surface area contributed by atoms with Crippen molar-refractivity contribution in [1.82, 2.24) is 34.1 Å². The minimum Gasteiger partial charge on any atom is -0.307 e. The minimum absolute atomic E-state index is 0.561. The molecule has 0 saturated carbocycles. The Morgan fingerprint density at radius 2 is 0.557 bits per heavy atom. The van der Waals surface area contributed by atoms with Gasteiger partial charge in [0.1, 0.15) is 0 Å². The van der Waals surface area contributed by atoms with Crippen LogP contribution in [0.5, 0.6) is 0 Å². The maximum atomic E-state index is 10.3. The largest absolute Gasteiger partial charge is 0.307 e. The number of benzene rings is 9. The molecule has 0 aliphatic carbocycles. The molecule has 0 saturated heterocycles. The second-order valence-corrected chi connectivity index (χ2v) is 21.9. The first-order chi connectivity index (χ1) is 43.6. The van der Waals surface area contributed by atoms with Crippen molar-refractivity contribution in [3.05, 3.63) is 310 Å². The molecule has 0 aliphatic heterocycles. The van der Waals surface area contributed by atoms with Gasteiger partial charge >= 0.3 is 0 Å². The molecule has 0 bridgehead atoms. The van der Waals surface area contributed by atoms with E-state index >= 15 is 0 Å². The van der Waals surface area contributed by atoms with Crippen LogP contribution in [-0.2, 0) is 0 Å². The zero-order valence-electron chi connectivity index (χ0n) is 47.4. The molecular weight excluding hydrogens is 1070 g/mol. The van der Waals surface area contributed by atoms with Gasteiger partial charge in [0.15, 0.2) is 0 Å². The average Bonchev–Trinajstić information content (AvgIpc) is 2.42. The summed E-state index contributed by atoms with van der Waals surface area (Å²) in [4.78, 5) is 25.3. The molecule has 16 rings (SSSR count). The van der Waals surface area contributed by atoms with E-state index in [1.807, 2.05) is 97.8 Å². The molecule has 0 amide bonds. The number of fused-ring (bicyclic) bond motifs is 6. The lowest BCUT2D eigenvalue weighted by Gasteiger charge is -2.20. The Labute approximate surface area is 507 Å². The van der Waals surface area contributed by atoms with Gasteiger partial charge < -0.3 is 9.13 Å². The first-order valence-corrected chi connectivity index (χ1v) is 29.3. The summed E-state index contributed by atoms with van der Waals surface area (Å²) in [6, 6.07) is 95.7. The van der Waals surface area contributed by atoms with E-state index < -0.39 is 0 Å². The summed E-state index contributed by atoms with van der Waals surface area (Å²) in [6.07, 6.45) is 11.5. The average molecular weight is 1120 g/mol. The first-order valence-electron chi connectivity index (χ1n) is 29.3.